The molecular weight excluding hydrogens is 270 g/mol. The Labute approximate surface area is 121 Å². The highest BCUT2D eigenvalue weighted by Gasteiger charge is 2.15. The molecule has 0 fully saturated rings. The second kappa shape index (κ2) is 6.62. The third kappa shape index (κ3) is 4.12. The molecule has 0 aliphatic heterocycles. The first-order valence-corrected chi connectivity index (χ1v) is 6.41. The normalized spacial score (nSPS) is 11.7. The second-order valence-corrected chi connectivity index (χ2v) is 4.59. The molecule has 0 bridgehead atoms. The van der Waals surface area contributed by atoms with Crippen molar-refractivity contribution in [3.05, 3.63) is 70.3 Å². The summed E-state index contributed by atoms with van der Waals surface area (Å²) >= 11 is 0. The van der Waals surface area contributed by atoms with Gasteiger partial charge in [-0.25, -0.2) is 0 Å². The van der Waals surface area contributed by atoms with Crippen LogP contribution in [0.15, 0.2) is 54.6 Å². The first-order valence-electron chi connectivity index (χ1n) is 6.41. The van der Waals surface area contributed by atoms with E-state index in [2.05, 4.69) is 5.32 Å². The Morgan fingerprint density at radius 1 is 1.14 bits per heavy atom. The fourth-order valence-electron chi connectivity index (χ4n) is 1.86. The molecule has 0 spiro atoms. The second-order valence-electron chi connectivity index (χ2n) is 4.59. The third-order valence-electron chi connectivity index (χ3n) is 2.98. The molecule has 2 aromatic carbocycles. The Balaban J connectivity index is 1.95. The zero-order valence-electron chi connectivity index (χ0n) is 11.2. The number of non-ortho nitro benzene ring substituents is 1. The molecule has 21 heavy (non-hydrogen) atoms. The molecule has 2 rings (SSSR count). The zero-order valence-corrected chi connectivity index (χ0v) is 11.2. The highest BCUT2D eigenvalue weighted by Crippen LogP contribution is 2.13. The van der Waals surface area contributed by atoms with Crippen LogP contribution >= 0.6 is 0 Å². The predicted octanol–water partition coefficient (Wildman–Crippen LogP) is 2.10. The van der Waals surface area contributed by atoms with E-state index in [1.54, 1.807) is 24.3 Å². The number of nitro benzene ring substituents is 1. The summed E-state index contributed by atoms with van der Waals surface area (Å²) in [5, 5.41) is 13.3. The van der Waals surface area contributed by atoms with Gasteiger partial charge in [-0.3, -0.25) is 14.9 Å². The number of hydrogen-bond acceptors (Lipinski definition) is 4. The van der Waals surface area contributed by atoms with Crippen LogP contribution < -0.4 is 11.1 Å². The fourth-order valence-corrected chi connectivity index (χ4v) is 1.86. The van der Waals surface area contributed by atoms with Gasteiger partial charge in [0, 0.05) is 17.8 Å². The summed E-state index contributed by atoms with van der Waals surface area (Å²) in [5.74, 6) is -0.292. The topological polar surface area (TPSA) is 98.3 Å². The molecule has 1 amide bonds. The molecule has 0 saturated carbocycles. The Morgan fingerprint density at radius 3 is 2.33 bits per heavy atom. The summed E-state index contributed by atoms with van der Waals surface area (Å²) in [6.07, 6.45) is 0.316. The van der Waals surface area contributed by atoms with Crippen molar-refractivity contribution in [2.75, 3.05) is 5.32 Å². The molecule has 3 N–H and O–H groups in total. The summed E-state index contributed by atoms with van der Waals surface area (Å²) in [7, 11) is 0. The summed E-state index contributed by atoms with van der Waals surface area (Å²) in [4.78, 5) is 22.0. The van der Waals surface area contributed by atoms with Gasteiger partial charge in [0.25, 0.3) is 5.69 Å². The highest BCUT2D eigenvalue weighted by atomic mass is 16.6. The zero-order chi connectivity index (χ0) is 15.2. The first-order chi connectivity index (χ1) is 10.1. The maximum absolute atomic E-state index is 11.9. The van der Waals surface area contributed by atoms with Crippen LogP contribution in [0, 0.1) is 10.1 Å². The van der Waals surface area contributed by atoms with Crippen molar-refractivity contribution in [3.63, 3.8) is 0 Å². The number of benzene rings is 2. The third-order valence-corrected chi connectivity index (χ3v) is 2.98. The van der Waals surface area contributed by atoms with Gasteiger partial charge in [0.05, 0.1) is 11.0 Å². The minimum atomic E-state index is -0.716. The van der Waals surface area contributed by atoms with Crippen molar-refractivity contribution in [3.8, 4) is 0 Å². The molecule has 0 aliphatic carbocycles. The van der Waals surface area contributed by atoms with Gasteiger partial charge in [0.2, 0.25) is 5.91 Å². The van der Waals surface area contributed by atoms with Gasteiger partial charge in [0.15, 0.2) is 0 Å². The molecule has 0 aromatic heterocycles. The monoisotopic (exact) mass is 285 g/mol. The molecule has 0 unspecified atom stereocenters. The van der Waals surface area contributed by atoms with Crippen LogP contribution in [0.25, 0.3) is 0 Å². The van der Waals surface area contributed by atoms with Crippen LogP contribution in [-0.4, -0.2) is 16.9 Å². The summed E-state index contributed by atoms with van der Waals surface area (Å²) in [6, 6.07) is 14.3. The number of nitrogens with one attached hydrogen (secondary N) is 1. The number of nitro groups is 1. The number of para-hydroxylation sites is 1. The van der Waals surface area contributed by atoms with E-state index in [-0.39, 0.29) is 11.6 Å². The Bertz CT molecular complexity index is 626. The van der Waals surface area contributed by atoms with E-state index in [1.165, 1.54) is 12.1 Å². The smallest absolute Gasteiger partial charge is 0.269 e. The molecule has 2 aromatic rings. The van der Waals surface area contributed by atoms with E-state index in [4.69, 9.17) is 5.73 Å². The number of nitrogens with two attached hydrogens (primary N) is 1. The molecule has 6 nitrogen and oxygen atoms in total. The largest absolute Gasteiger partial charge is 0.325 e. The van der Waals surface area contributed by atoms with Crippen molar-refractivity contribution >= 4 is 17.3 Å². The molecule has 0 radical (unpaired) electrons. The summed E-state index contributed by atoms with van der Waals surface area (Å²) < 4.78 is 0. The lowest BCUT2D eigenvalue weighted by Gasteiger charge is -2.12. The van der Waals surface area contributed by atoms with E-state index >= 15 is 0 Å². The van der Waals surface area contributed by atoms with Crippen LogP contribution in [0.4, 0.5) is 11.4 Å². The lowest BCUT2D eigenvalue weighted by atomic mass is 10.1. The molecule has 0 aliphatic rings. The van der Waals surface area contributed by atoms with Crippen molar-refractivity contribution in [2.45, 2.75) is 12.5 Å². The average Bonchev–Trinajstić information content (AvgIpc) is 2.48. The average molecular weight is 285 g/mol. The number of anilines is 1. The fraction of sp³-hybridized carbons (Fsp3) is 0.133. The van der Waals surface area contributed by atoms with Gasteiger partial charge < -0.3 is 11.1 Å². The van der Waals surface area contributed by atoms with E-state index in [0.717, 1.165) is 5.56 Å². The number of carbonyl (C=O) groups is 1. The number of hydrogen-bond donors (Lipinski definition) is 2. The summed E-state index contributed by atoms with van der Waals surface area (Å²) in [6.45, 7) is 0. The van der Waals surface area contributed by atoms with Crippen LogP contribution in [0.3, 0.4) is 0 Å². The van der Waals surface area contributed by atoms with Crippen molar-refractivity contribution < 1.29 is 9.72 Å². The first kappa shape index (κ1) is 14.7. The van der Waals surface area contributed by atoms with Crippen molar-refractivity contribution in [1.82, 2.24) is 0 Å². The number of amides is 1. The quantitative estimate of drug-likeness (QED) is 0.649. The van der Waals surface area contributed by atoms with Crippen molar-refractivity contribution in [2.24, 2.45) is 5.73 Å². The molecule has 0 heterocycles. The highest BCUT2D eigenvalue weighted by molar-refractivity contribution is 5.94. The molecule has 1 atom stereocenters. The lowest BCUT2D eigenvalue weighted by Crippen LogP contribution is -2.37. The molecule has 108 valence electrons. The van der Waals surface area contributed by atoms with E-state index in [1.807, 2.05) is 18.2 Å². The van der Waals surface area contributed by atoms with E-state index in [0.29, 0.717) is 12.1 Å². The van der Waals surface area contributed by atoms with Gasteiger partial charge >= 0.3 is 0 Å². The Kier molecular flexibility index (Phi) is 4.63. The number of carbonyl (C=O) groups excluding carboxylic acids is 1. The van der Waals surface area contributed by atoms with E-state index < -0.39 is 11.0 Å². The molecule has 6 heteroatoms. The Hall–Kier alpha value is -2.73. The molecular formula is C15H15N3O3. The van der Waals surface area contributed by atoms with Crippen LogP contribution in [-0.2, 0) is 11.2 Å². The Morgan fingerprint density at radius 2 is 1.76 bits per heavy atom. The van der Waals surface area contributed by atoms with E-state index in [9.17, 15) is 14.9 Å². The number of rotatable bonds is 5. The molecule has 0 saturated heterocycles. The van der Waals surface area contributed by atoms with Crippen molar-refractivity contribution in [1.29, 1.82) is 0 Å². The minimum absolute atomic E-state index is 0.0149. The predicted molar refractivity (Wildman–Crippen MR) is 79.8 cm³/mol. The van der Waals surface area contributed by atoms with Gasteiger partial charge in [-0.15, -0.1) is 0 Å². The lowest BCUT2D eigenvalue weighted by molar-refractivity contribution is -0.384. The van der Waals surface area contributed by atoms with Gasteiger partial charge in [0.1, 0.15) is 0 Å². The minimum Gasteiger partial charge on any atom is -0.325 e. The standard InChI is InChI=1S/C15H15N3O3/c16-14(15(19)17-12-4-2-1-3-5-12)10-11-6-8-13(9-7-11)18(20)21/h1-9,14H,10,16H2,(H,17,19)/t14-/m0/s1. The van der Waals surface area contributed by atoms with Crippen LogP contribution in [0.5, 0.6) is 0 Å². The number of nitrogens with zero attached hydrogens (tertiary/aromatic N) is 1. The maximum atomic E-state index is 11.9. The van der Waals surface area contributed by atoms with Gasteiger partial charge in [-0.05, 0) is 24.1 Å². The van der Waals surface area contributed by atoms with Crippen LogP contribution in [0.2, 0.25) is 0 Å². The van der Waals surface area contributed by atoms with Gasteiger partial charge in [-0.2, -0.15) is 0 Å². The summed E-state index contributed by atoms with van der Waals surface area (Å²) in [5.41, 5.74) is 7.32. The van der Waals surface area contributed by atoms with Crippen LogP contribution in [0.1, 0.15) is 5.56 Å². The van der Waals surface area contributed by atoms with Gasteiger partial charge in [-0.1, -0.05) is 30.3 Å². The SMILES string of the molecule is N[C@@H](Cc1ccc([N+](=O)[O-])cc1)C(=O)Nc1ccccc1. The maximum Gasteiger partial charge on any atom is 0.269 e.